The smallest absolute Gasteiger partial charge is 0.0540 e. The SMILES string of the molecule is c1ccc(-c2ccccc2N(c2ccc(-c3ccc(-c4ccc5ccc(-c6cccc7c6sc6c(-c8ccccc8N(c8ccc(-c9ccc%10ccccc%10c9)cc8)c8ccccc8-c8ccccc8)cccc67)cc5c4)cc3)cc2)c2ccccc2-c2cccc3c2sc2ccccc23)cc1. The molecule has 478 valence electrons. The number of rotatable bonds is 14. The summed E-state index contributed by atoms with van der Waals surface area (Å²) in [6, 6.07) is 143. The van der Waals surface area contributed by atoms with Gasteiger partial charge >= 0.3 is 0 Å². The highest BCUT2D eigenvalue weighted by atomic mass is 32.1. The minimum absolute atomic E-state index is 1.08. The Kier molecular flexibility index (Phi) is 15.3. The van der Waals surface area contributed by atoms with Crippen LogP contribution in [0.4, 0.5) is 34.1 Å². The quantitative estimate of drug-likeness (QED) is 0.107. The van der Waals surface area contributed by atoms with Gasteiger partial charge in [-0.3, -0.25) is 0 Å². The van der Waals surface area contributed by atoms with Crippen molar-refractivity contribution < 1.29 is 0 Å². The maximum absolute atomic E-state index is 2.47. The zero-order chi connectivity index (χ0) is 67.5. The third-order valence-electron chi connectivity index (χ3n) is 20.3. The second kappa shape index (κ2) is 25.9. The van der Waals surface area contributed by atoms with E-state index in [1.807, 2.05) is 22.7 Å². The summed E-state index contributed by atoms with van der Waals surface area (Å²) in [5.41, 5.74) is 25.6. The monoisotopic (exact) mass is 1330 g/mol. The van der Waals surface area contributed by atoms with E-state index in [-0.39, 0.29) is 0 Å². The van der Waals surface area contributed by atoms with Crippen molar-refractivity contribution in [2.24, 2.45) is 0 Å². The van der Waals surface area contributed by atoms with Gasteiger partial charge in [0.05, 0.1) is 22.7 Å². The van der Waals surface area contributed by atoms with Gasteiger partial charge in [-0.15, -0.1) is 22.7 Å². The molecule has 4 heteroatoms. The van der Waals surface area contributed by atoms with Gasteiger partial charge in [0.15, 0.2) is 0 Å². The first-order valence-electron chi connectivity index (χ1n) is 34.9. The minimum Gasteiger partial charge on any atom is -0.309 e. The Bertz CT molecular complexity index is 6370. The molecular weight excluding hydrogens is 1270 g/mol. The largest absolute Gasteiger partial charge is 0.309 e. The summed E-state index contributed by atoms with van der Waals surface area (Å²) in [4.78, 5) is 4.92. The van der Waals surface area contributed by atoms with Crippen LogP contribution in [0.25, 0.3) is 151 Å². The summed E-state index contributed by atoms with van der Waals surface area (Å²) in [5.74, 6) is 0. The summed E-state index contributed by atoms with van der Waals surface area (Å²) in [6.45, 7) is 0. The molecule has 0 radical (unpaired) electrons. The van der Waals surface area contributed by atoms with Gasteiger partial charge in [-0.2, -0.15) is 0 Å². The fraction of sp³-hybridized carbons (Fsp3) is 0. The second-order valence-electron chi connectivity index (χ2n) is 26.2. The first kappa shape index (κ1) is 60.5. The molecule has 0 aliphatic heterocycles. The average Bonchev–Trinajstić information content (AvgIpc) is 1.53. The van der Waals surface area contributed by atoms with Crippen molar-refractivity contribution in [2.75, 3.05) is 9.80 Å². The molecule has 0 bridgehead atoms. The van der Waals surface area contributed by atoms with Gasteiger partial charge in [0.1, 0.15) is 0 Å². The number of para-hydroxylation sites is 4. The van der Waals surface area contributed by atoms with E-state index in [0.29, 0.717) is 0 Å². The first-order chi connectivity index (χ1) is 50.6. The molecule has 2 nitrogen and oxygen atoms in total. The zero-order valence-electron chi connectivity index (χ0n) is 55.7. The molecular formula is C98H64N2S2. The Labute approximate surface area is 601 Å². The van der Waals surface area contributed by atoms with Crippen molar-refractivity contribution in [1.82, 2.24) is 0 Å². The molecule has 0 fully saturated rings. The number of nitrogens with zero attached hydrogens (tertiary/aromatic N) is 2. The van der Waals surface area contributed by atoms with Crippen LogP contribution in [-0.2, 0) is 0 Å². The van der Waals surface area contributed by atoms with E-state index in [1.54, 1.807) is 0 Å². The molecule has 17 aromatic carbocycles. The maximum Gasteiger partial charge on any atom is 0.0540 e. The third-order valence-corrected chi connectivity index (χ3v) is 22.8. The second-order valence-corrected chi connectivity index (χ2v) is 28.3. The molecule has 19 aromatic rings. The number of hydrogen-bond donors (Lipinski definition) is 0. The van der Waals surface area contributed by atoms with Crippen molar-refractivity contribution in [3.05, 3.63) is 388 Å². The molecule has 0 saturated carbocycles. The van der Waals surface area contributed by atoms with Gasteiger partial charge in [-0.1, -0.05) is 315 Å². The van der Waals surface area contributed by atoms with E-state index in [4.69, 9.17) is 0 Å². The normalized spacial score (nSPS) is 11.5. The Morgan fingerprint density at radius 2 is 0.490 bits per heavy atom. The Balaban J connectivity index is 0.647. The summed E-state index contributed by atoms with van der Waals surface area (Å²) in [7, 11) is 0. The molecule has 0 unspecified atom stereocenters. The van der Waals surface area contributed by atoms with Gasteiger partial charge in [0.2, 0.25) is 0 Å². The number of thiophene rings is 2. The van der Waals surface area contributed by atoms with Crippen LogP contribution in [0, 0.1) is 0 Å². The van der Waals surface area contributed by atoms with Gasteiger partial charge in [-0.25, -0.2) is 0 Å². The summed E-state index contributed by atoms with van der Waals surface area (Å²) >= 11 is 3.78. The van der Waals surface area contributed by atoms with E-state index in [1.165, 1.54) is 134 Å². The number of fused-ring (bicyclic) bond motifs is 8. The predicted octanol–water partition coefficient (Wildman–Crippen LogP) is 29.0. The molecule has 0 saturated heterocycles. The fourth-order valence-electron chi connectivity index (χ4n) is 15.3. The van der Waals surface area contributed by atoms with Crippen LogP contribution in [-0.4, -0.2) is 0 Å². The predicted molar refractivity (Wildman–Crippen MR) is 440 cm³/mol. The van der Waals surface area contributed by atoms with Gasteiger partial charge < -0.3 is 9.80 Å². The molecule has 0 aliphatic carbocycles. The van der Waals surface area contributed by atoms with Crippen molar-refractivity contribution in [1.29, 1.82) is 0 Å². The molecule has 0 atom stereocenters. The van der Waals surface area contributed by atoms with E-state index in [9.17, 15) is 0 Å². The summed E-state index contributed by atoms with van der Waals surface area (Å²) in [6.07, 6.45) is 0. The topological polar surface area (TPSA) is 6.48 Å². The number of hydrogen-bond acceptors (Lipinski definition) is 4. The molecule has 0 N–H and O–H groups in total. The Hall–Kier alpha value is -12.7. The van der Waals surface area contributed by atoms with Crippen LogP contribution in [0.5, 0.6) is 0 Å². The molecule has 2 aromatic heterocycles. The lowest BCUT2D eigenvalue weighted by atomic mass is 9.95. The average molecular weight is 1330 g/mol. The highest BCUT2D eigenvalue weighted by molar-refractivity contribution is 7.27. The van der Waals surface area contributed by atoms with Gasteiger partial charge in [-0.05, 0) is 150 Å². The van der Waals surface area contributed by atoms with E-state index < -0.39 is 0 Å². The van der Waals surface area contributed by atoms with Gasteiger partial charge in [0, 0.05) is 85.1 Å². The number of benzene rings is 17. The summed E-state index contributed by atoms with van der Waals surface area (Å²) in [5, 5.41) is 10.0. The van der Waals surface area contributed by atoms with Crippen LogP contribution >= 0.6 is 22.7 Å². The standard InChI is InChI=1S/C98H64N2S2/c1-3-23-71(24-4-1)80-28-9-14-39-91(80)99(93-41-16-11-30-83(93)86-34-20-36-88-85-32-13-18-43-95(85)101-97(86)88)78-58-54-67(55-59-78)66-44-46-68(47-45-66)75-52-49-70-50-53-76(64-77(70)63-75)82-33-19-37-89-90-38-21-35-87(98(90)102-96(82)89)84-31-12-17-42-94(84)100(92-40-15-10-29-81(92)72-25-5-2-6-26-72)79-60-56-69(57-61-79)74-51-48-65-22-7-8-27-73(65)62-74/h1-64H. The molecule has 102 heavy (non-hydrogen) atoms. The fourth-order valence-corrected chi connectivity index (χ4v) is 17.9. The van der Waals surface area contributed by atoms with Crippen LogP contribution in [0.15, 0.2) is 388 Å². The highest BCUT2D eigenvalue weighted by Crippen LogP contribution is 2.52. The Morgan fingerprint density at radius 1 is 0.167 bits per heavy atom. The third kappa shape index (κ3) is 10.9. The zero-order valence-corrected chi connectivity index (χ0v) is 57.3. The van der Waals surface area contributed by atoms with Crippen molar-refractivity contribution in [2.45, 2.75) is 0 Å². The highest BCUT2D eigenvalue weighted by Gasteiger charge is 2.25. The van der Waals surface area contributed by atoms with Crippen molar-refractivity contribution in [3.8, 4) is 89.0 Å². The van der Waals surface area contributed by atoms with E-state index >= 15 is 0 Å². The molecule has 0 amide bonds. The molecule has 0 spiro atoms. The van der Waals surface area contributed by atoms with Crippen molar-refractivity contribution in [3.63, 3.8) is 0 Å². The van der Waals surface area contributed by atoms with Crippen molar-refractivity contribution >= 4 is 119 Å². The lowest BCUT2D eigenvalue weighted by Crippen LogP contribution is -2.12. The van der Waals surface area contributed by atoms with Crippen LogP contribution in [0.2, 0.25) is 0 Å². The number of anilines is 6. The van der Waals surface area contributed by atoms with Crippen LogP contribution < -0.4 is 9.80 Å². The Morgan fingerprint density at radius 3 is 1.02 bits per heavy atom. The van der Waals surface area contributed by atoms with Crippen LogP contribution in [0.1, 0.15) is 0 Å². The van der Waals surface area contributed by atoms with E-state index in [2.05, 4.69) is 398 Å². The lowest BCUT2D eigenvalue weighted by molar-refractivity contribution is 1.28. The van der Waals surface area contributed by atoms with E-state index in [0.717, 1.165) is 50.8 Å². The maximum atomic E-state index is 2.47. The van der Waals surface area contributed by atoms with Crippen LogP contribution in [0.3, 0.4) is 0 Å². The molecule has 2 heterocycles. The molecule has 0 aliphatic rings. The lowest BCUT2D eigenvalue weighted by Gasteiger charge is -2.30. The van der Waals surface area contributed by atoms with Gasteiger partial charge in [0.25, 0.3) is 0 Å². The first-order valence-corrected chi connectivity index (χ1v) is 36.5. The minimum atomic E-state index is 1.08. The summed E-state index contributed by atoms with van der Waals surface area (Å²) < 4.78 is 5.14. The molecule has 19 rings (SSSR count).